The van der Waals surface area contributed by atoms with Crippen LogP contribution in [0.25, 0.3) is 0 Å². The first-order valence-corrected chi connectivity index (χ1v) is 10.3. The van der Waals surface area contributed by atoms with E-state index < -0.39 is 0 Å². The van der Waals surface area contributed by atoms with E-state index in [0.29, 0.717) is 21.6 Å². The molecule has 0 aliphatic carbocycles. The highest BCUT2D eigenvalue weighted by atomic mass is 35.5. The van der Waals surface area contributed by atoms with Crippen molar-refractivity contribution in [3.05, 3.63) is 63.6 Å². The second kappa shape index (κ2) is 9.45. The quantitative estimate of drug-likeness (QED) is 0.515. The van der Waals surface area contributed by atoms with Gasteiger partial charge in [0, 0.05) is 10.0 Å². The van der Waals surface area contributed by atoms with Gasteiger partial charge in [-0.25, -0.2) is 0 Å². The Morgan fingerprint density at radius 2 is 1.96 bits per heavy atom. The Morgan fingerprint density at radius 3 is 2.64 bits per heavy atom. The molecule has 3 rings (SSSR count). The SMILES string of the molecule is CC(C)Oc1ccc(/C=N\N=C2\NC(=O)[C@@H](Cc3ccc(Cl)cc3Cl)S2)cc1. The largest absolute Gasteiger partial charge is 0.491 e. The number of thioether (sulfide) groups is 1. The highest BCUT2D eigenvalue weighted by molar-refractivity contribution is 8.15. The third-order valence-electron chi connectivity index (χ3n) is 3.80. The molecule has 1 aliphatic rings. The van der Waals surface area contributed by atoms with Crippen molar-refractivity contribution in [1.29, 1.82) is 0 Å². The van der Waals surface area contributed by atoms with Crippen LogP contribution in [-0.4, -0.2) is 28.6 Å². The smallest absolute Gasteiger partial charge is 0.239 e. The van der Waals surface area contributed by atoms with Gasteiger partial charge >= 0.3 is 0 Å². The van der Waals surface area contributed by atoms with Crippen molar-refractivity contribution in [3.8, 4) is 5.75 Å². The van der Waals surface area contributed by atoms with Crippen molar-refractivity contribution in [3.63, 3.8) is 0 Å². The van der Waals surface area contributed by atoms with Gasteiger partial charge in [-0.3, -0.25) is 4.79 Å². The minimum atomic E-state index is -0.305. The lowest BCUT2D eigenvalue weighted by molar-refractivity contribution is -0.118. The molecule has 146 valence electrons. The molecule has 1 heterocycles. The first-order chi connectivity index (χ1) is 13.4. The summed E-state index contributed by atoms with van der Waals surface area (Å²) >= 11 is 13.4. The fourth-order valence-corrected chi connectivity index (χ4v) is 3.96. The van der Waals surface area contributed by atoms with Gasteiger partial charge in [0.25, 0.3) is 0 Å². The summed E-state index contributed by atoms with van der Waals surface area (Å²) in [6, 6.07) is 12.8. The van der Waals surface area contributed by atoms with Gasteiger partial charge in [0.1, 0.15) is 5.75 Å². The average Bonchev–Trinajstić information content (AvgIpc) is 2.98. The summed E-state index contributed by atoms with van der Waals surface area (Å²) < 4.78 is 5.60. The van der Waals surface area contributed by atoms with E-state index in [0.717, 1.165) is 16.9 Å². The maximum atomic E-state index is 12.2. The Labute approximate surface area is 178 Å². The van der Waals surface area contributed by atoms with Gasteiger partial charge in [-0.2, -0.15) is 5.10 Å². The van der Waals surface area contributed by atoms with Gasteiger partial charge < -0.3 is 10.1 Å². The molecule has 1 atom stereocenters. The van der Waals surface area contributed by atoms with Gasteiger partial charge in [0.15, 0.2) is 5.17 Å². The van der Waals surface area contributed by atoms with Crippen molar-refractivity contribution in [2.24, 2.45) is 10.2 Å². The average molecular weight is 436 g/mol. The Balaban J connectivity index is 1.59. The minimum absolute atomic E-state index is 0.111. The number of hydrogen-bond acceptors (Lipinski definition) is 5. The molecule has 5 nitrogen and oxygen atoms in total. The zero-order valence-electron chi connectivity index (χ0n) is 15.4. The van der Waals surface area contributed by atoms with Gasteiger partial charge in [0.2, 0.25) is 5.91 Å². The zero-order valence-corrected chi connectivity index (χ0v) is 17.7. The summed E-state index contributed by atoms with van der Waals surface area (Å²) in [4.78, 5) is 12.2. The third kappa shape index (κ3) is 5.74. The molecule has 0 bridgehead atoms. The van der Waals surface area contributed by atoms with E-state index >= 15 is 0 Å². The lowest BCUT2D eigenvalue weighted by Gasteiger charge is -2.08. The molecule has 2 aromatic carbocycles. The van der Waals surface area contributed by atoms with Crippen LogP contribution in [0.4, 0.5) is 0 Å². The number of amidine groups is 1. The summed E-state index contributed by atoms with van der Waals surface area (Å²) in [6.07, 6.45) is 2.25. The van der Waals surface area contributed by atoms with E-state index in [4.69, 9.17) is 27.9 Å². The summed E-state index contributed by atoms with van der Waals surface area (Å²) in [7, 11) is 0. The number of benzene rings is 2. The molecular weight excluding hydrogens is 417 g/mol. The van der Waals surface area contributed by atoms with Crippen molar-refractivity contribution < 1.29 is 9.53 Å². The molecule has 1 fully saturated rings. The van der Waals surface area contributed by atoms with Crippen LogP contribution in [0.2, 0.25) is 10.0 Å². The van der Waals surface area contributed by atoms with Crippen LogP contribution in [0.15, 0.2) is 52.7 Å². The number of carbonyl (C=O) groups excluding carboxylic acids is 1. The predicted molar refractivity (Wildman–Crippen MR) is 117 cm³/mol. The molecule has 0 spiro atoms. The molecule has 1 aliphatic heterocycles. The van der Waals surface area contributed by atoms with Crippen LogP contribution in [0.5, 0.6) is 5.75 Å². The Hall–Kier alpha value is -2.02. The molecule has 0 unspecified atom stereocenters. The van der Waals surface area contributed by atoms with Crippen LogP contribution < -0.4 is 10.1 Å². The topological polar surface area (TPSA) is 63.1 Å². The second-order valence-electron chi connectivity index (χ2n) is 6.42. The molecule has 8 heteroatoms. The van der Waals surface area contributed by atoms with Crippen LogP contribution >= 0.6 is 35.0 Å². The summed E-state index contributed by atoms with van der Waals surface area (Å²) in [5.41, 5.74) is 1.76. The van der Waals surface area contributed by atoms with Crippen LogP contribution in [0.3, 0.4) is 0 Å². The summed E-state index contributed by atoms with van der Waals surface area (Å²) in [6.45, 7) is 3.96. The first kappa shape index (κ1) is 20.7. The number of rotatable bonds is 6. The van der Waals surface area contributed by atoms with E-state index in [1.54, 1.807) is 18.3 Å². The maximum absolute atomic E-state index is 12.2. The molecule has 1 saturated heterocycles. The standard InChI is InChI=1S/C20H19Cl2N3O2S/c1-12(2)27-16-7-3-13(4-8-16)11-23-25-20-24-19(26)18(28-20)9-14-5-6-15(21)10-17(14)22/h3-8,10-12,18H,9H2,1-2H3,(H,24,25,26)/b23-11-/t18-/m1/s1. The Bertz CT molecular complexity index is 914. The molecule has 1 amide bonds. The number of halogens is 2. The molecule has 2 aromatic rings. The number of carbonyl (C=O) groups is 1. The van der Waals surface area contributed by atoms with Gasteiger partial charge in [0.05, 0.1) is 17.6 Å². The highest BCUT2D eigenvalue weighted by Crippen LogP contribution is 2.28. The van der Waals surface area contributed by atoms with E-state index in [-0.39, 0.29) is 17.3 Å². The predicted octanol–water partition coefficient (Wildman–Crippen LogP) is 4.94. The number of nitrogens with one attached hydrogen (secondary N) is 1. The van der Waals surface area contributed by atoms with Gasteiger partial charge in [-0.15, -0.1) is 5.10 Å². The lowest BCUT2D eigenvalue weighted by Crippen LogP contribution is -2.26. The maximum Gasteiger partial charge on any atom is 0.239 e. The molecule has 0 saturated carbocycles. The van der Waals surface area contributed by atoms with E-state index in [1.807, 2.05) is 44.2 Å². The van der Waals surface area contributed by atoms with Gasteiger partial charge in [-0.05, 0) is 67.8 Å². The zero-order chi connectivity index (χ0) is 20.1. The number of hydrogen-bond donors (Lipinski definition) is 1. The fourth-order valence-electron chi connectivity index (χ4n) is 2.53. The van der Waals surface area contributed by atoms with Crippen LogP contribution in [0, 0.1) is 0 Å². The van der Waals surface area contributed by atoms with Gasteiger partial charge in [-0.1, -0.05) is 41.0 Å². The van der Waals surface area contributed by atoms with Crippen molar-refractivity contribution >= 4 is 52.3 Å². The second-order valence-corrected chi connectivity index (χ2v) is 8.46. The Morgan fingerprint density at radius 1 is 1.21 bits per heavy atom. The molecular formula is C20H19Cl2N3O2S. The Kier molecular flexibility index (Phi) is 6.99. The summed E-state index contributed by atoms with van der Waals surface area (Å²) in [5, 5.41) is 12.2. The van der Waals surface area contributed by atoms with E-state index in [2.05, 4.69) is 15.5 Å². The fraction of sp³-hybridized carbons (Fsp3) is 0.250. The van der Waals surface area contributed by atoms with E-state index in [9.17, 15) is 4.79 Å². The molecule has 0 radical (unpaired) electrons. The summed E-state index contributed by atoms with van der Waals surface area (Å²) in [5.74, 6) is 0.695. The molecule has 1 N–H and O–H groups in total. The van der Waals surface area contributed by atoms with E-state index in [1.165, 1.54) is 11.8 Å². The minimum Gasteiger partial charge on any atom is -0.491 e. The third-order valence-corrected chi connectivity index (χ3v) is 5.46. The first-order valence-electron chi connectivity index (χ1n) is 8.70. The van der Waals surface area contributed by atoms with Crippen molar-refractivity contribution in [2.75, 3.05) is 0 Å². The number of nitrogens with zero attached hydrogens (tertiary/aromatic N) is 2. The normalized spacial score (nSPS) is 18.2. The monoisotopic (exact) mass is 435 g/mol. The number of amides is 1. The van der Waals surface area contributed by atoms with Crippen LogP contribution in [-0.2, 0) is 11.2 Å². The molecule has 28 heavy (non-hydrogen) atoms. The van der Waals surface area contributed by atoms with Crippen molar-refractivity contribution in [2.45, 2.75) is 31.6 Å². The number of ether oxygens (including phenoxy) is 1. The molecule has 0 aromatic heterocycles. The highest BCUT2D eigenvalue weighted by Gasteiger charge is 2.30. The lowest BCUT2D eigenvalue weighted by atomic mass is 10.1. The van der Waals surface area contributed by atoms with Crippen molar-refractivity contribution in [1.82, 2.24) is 5.32 Å². The van der Waals surface area contributed by atoms with Crippen LogP contribution in [0.1, 0.15) is 25.0 Å².